The molecule has 1 heterocycles. The summed E-state index contributed by atoms with van der Waals surface area (Å²) in [6, 6.07) is 6.59. The molecule has 5 nitrogen and oxygen atoms in total. The van der Waals surface area contributed by atoms with Crippen LogP contribution in [0.25, 0.3) is 11.3 Å². The van der Waals surface area contributed by atoms with Crippen LogP contribution in [0.5, 0.6) is 0 Å². The molecule has 4 rings (SSSR count). The number of rotatable bonds is 3. The summed E-state index contributed by atoms with van der Waals surface area (Å²) in [5.41, 5.74) is 4.18. The Morgan fingerprint density at radius 1 is 1.34 bits per heavy atom. The Kier molecular flexibility index (Phi) is 6.09. The van der Waals surface area contributed by atoms with Crippen LogP contribution < -0.4 is 0 Å². The third-order valence-electron chi connectivity index (χ3n) is 5.21. The maximum Gasteiger partial charge on any atom is 0.410 e. The zero-order valence-corrected chi connectivity index (χ0v) is 19.0. The molecule has 1 aromatic carbocycles. The maximum absolute atomic E-state index is 12.7. The highest BCUT2D eigenvalue weighted by atomic mass is 79.9. The van der Waals surface area contributed by atoms with Crippen molar-refractivity contribution in [2.75, 3.05) is 0 Å². The molecule has 0 spiro atoms. The van der Waals surface area contributed by atoms with Crippen molar-refractivity contribution in [3.63, 3.8) is 0 Å². The number of aromatic nitrogens is 2. The van der Waals surface area contributed by atoms with E-state index in [1.165, 1.54) is 11.1 Å². The molecule has 0 saturated heterocycles. The van der Waals surface area contributed by atoms with Gasteiger partial charge in [0, 0.05) is 21.8 Å². The predicted octanol–water partition coefficient (Wildman–Crippen LogP) is 5.33. The molecule has 29 heavy (non-hydrogen) atoms. The highest BCUT2D eigenvalue weighted by Gasteiger charge is 2.42. The Bertz CT molecular complexity index is 926. The fourth-order valence-corrected chi connectivity index (χ4v) is 4.15. The highest BCUT2D eigenvalue weighted by Crippen LogP contribution is 2.38. The highest BCUT2D eigenvalue weighted by molar-refractivity contribution is 9.10. The van der Waals surface area contributed by atoms with Gasteiger partial charge in [0.15, 0.2) is 0 Å². The second-order valence-electron chi connectivity index (χ2n) is 8.70. The fraction of sp³-hybridized carbons (Fsp3) is 0.478. The van der Waals surface area contributed by atoms with E-state index in [4.69, 9.17) is 9.72 Å². The summed E-state index contributed by atoms with van der Waals surface area (Å²) in [4.78, 5) is 22.9. The number of ether oxygens (including phenoxy) is 1. The molecule has 0 bridgehead atoms. The quantitative estimate of drug-likeness (QED) is 0.633. The number of terminal acetylenes is 1. The molecule has 1 aromatic heterocycles. The number of halogens is 1. The summed E-state index contributed by atoms with van der Waals surface area (Å²) in [5.74, 6) is 1.35. The van der Waals surface area contributed by atoms with Crippen molar-refractivity contribution in [3.8, 4) is 24.1 Å². The molecule has 1 amide bonds. The number of aryl methyl sites for hydroxylation is 2. The lowest BCUT2D eigenvalue weighted by molar-refractivity contribution is 0.0203. The van der Waals surface area contributed by atoms with Gasteiger partial charge < -0.3 is 9.72 Å². The van der Waals surface area contributed by atoms with E-state index in [2.05, 4.69) is 58.9 Å². The molecule has 2 aliphatic rings. The minimum Gasteiger partial charge on any atom is -0.444 e. The first-order valence-corrected chi connectivity index (χ1v) is 10.7. The van der Waals surface area contributed by atoms with Gasteiger partial charge in [-0.3, -0.25) is 4.90 Å². The van der Waals surface area contributed by atoms with Gasteiger partial charge in [-0.1, -0.05) is 28.9 Å². The van der Waals surface area contributed by atoms with Gasteiger partial charge in [0.1, 0.15) is 11.4 Å². The topological polar surface area (TPSA) is 58.2 Å². The zero-order valence-electron chi connectivity index (χ0n) is 17.5. The summed E-state index contributed by atoms with van der Waals surface area (Å²) in [5, 5.41) is 0. The van der Waals surface area contributed by atoms with Crippen LogP contribution >= 0.6 is 15.9 Å². The lowest BCUT2D eigenvalue weighted by Gasteiger charge is -2.27. The largest absolute Gasteiger partial charge is 0.444 e. The van der Waals surface area contributed by atoms with Crippen LogP contribution in [-0.2, 0) is 24.1 Å². The molecule has 2 unspecified atom stereocenters. The van der Waals surface area contributed by atoms with E-state index in [9.17, 15) is 4.79 Å². The number of hydrogen-bond donors (Lipinski definition) is 1. The molecule has 1 fully saturated rings. The van der Waals surface area contributed by atoms with Gasteiger partial charge in [-0.2, -0.15) is 0 Å². The van der Waals surface area contributed by atoms with Crippen LogP contribution in [0.2, 0.25) is 0 Å². The van der Waals surface area contributed by atoms with E-state index in [1.54, 1.807) is 0 Å². The Hall–Kier alpha value is -2.26. The van der Waals surface area contributed by atoms with Crippen molar-refractivity contribution < 1.29 is 9.53 Å². The number of benzene rings is 1. The number of carbonyl (C=O) groups is 1. The Balaban J connectivity index is 0.00000117. The van der Waals surface area contributed by atoms with Gasteiger partial charge in [0.05, 0.1) is 12.2 Å². The van der Waals surface area contributed by atoms with Gasteiger partial charge in [-0.25, -0.2) is 9.78 Å². The number of nitrogens with zero attached hydrogens (tertiary/aromatic N) is 2. The van der Waals surface area contributed by atoms with Crippen LogP contribution in [0, 0.1) is 18.8 Å². The van der Waals surface area contributed by atoms with Crippen molar-refractivity contribution in [1.29, 1.82) is 0 Å². The van der Waals surface area contributed by atoms with Crippen LogP contribution in [0.3, 0.4) is 0 Å². The standard InChI is InChI=1S/C21H26BrN3O2.C2H2/c1-12-9-17(12)25(20(26)27-21(2,3)4)11-18-23-16-8-5-13-10-14(22)6-7-15(13)19(16)24-18;1-2/h6-7,10,12,17H,5,8-9,11H2,1-4H3,(H,23,24);1-2H. The zero-order chi connectivity index (χ0) is 21.3. The summed E-state index contributed by atoms with van der Waals surface area (Å²) in [6.45, 7) is 8.34. The number of nitrogens with one attached hydrogen (secondary N) is 1. The summed E-state index contributed by atoms with van der Waals surface area (Å²) in [6.07, 6.45) is 10.7. The number of fused-ring (bicyclic) bond motifs is 3. The molecule has 0 aliphatic heterocycles. The minimum atomic E-state index is -0.498. The molecule has 1 saturated carbocycles. The molecule has 2 aliphatic carbocycles. The number of amides is 1. The molecule has 2 atom stereocenters. The van der Waals surface area contributed by atoms with Crippen LogP contribution in [0.15, 0.2) is 22.7 Å². The van der Waals surface area contributed by atoms with E-state index in [0.717, 1.165) is 40.9 Å². The first-order valence-electron chi connectivity index (χ1n) is 9.91. The van der Waals surface area contributed by atoms with E-state index < -0.39 is 5.60 Å². The monoisotopic (exact) mass is 457 g/mol. The third-order valence-corrected chi connectivity index (χ3v) is 5.70. The van der Waals surface area contributed by atoms with Crippen LogP contribution in [0.4, 0.5) is 4.79 Å². The predicted molar refractivity (Wildman–Crippen MR) is 118 cm³/mol. The SMILES string of the molecule is C#C.CC1CC1N(Cc1nc2c([nH]1)CCc1cc(Br)ccc1-2)C(=O)OC(C)(C)C. The normalized spacial score (nSPS) is 19.3. The molecular weight excluding hydrogens is 430 g/mol. The van der Waals surface area contributed by atoms with E-state index in [0.29, 0.717) is 12.5 Å². The third kappa shape index (κ3) is 4.84. The van der Waals surface area contributed by atoms with Gasteiger partial charge in [-0.15, -0.1) is 12.8 Å². The lowest BCUT2D eigenvalue weighted by Crippen LogP contribution is -2.38. The van der Waals surface area contributed by atoms with E-state index >= 15 is 0 Å². The summed E-state index contributed by atoms with van der Waals surface area (Å²) < 4.78 is 6.73. The molecule has 6 heteroatoms. The molecule has 1 N–H and O–H groups in total. The average Bonchev–Trinajstić information content (AvgIpc) is 3.22. The summed E-state index contributed by atoms with van der Waals surface area (Å²) in [7, 11) is 0. The Morgan fingerprint density at radius 2 is 2.03 bits per heavy atom. The van der Waals surface area contributed by atoms with Gasteiger partial charge in [-0.05, 0) is 63.6 Å². The van der Waals surface area contributed by atoms with Gasteiger partial charge in [0.25, 0.3) is 0 Å². The first kappa shape index (κ1) is 21.4. The van der Waals surface area contributed by atoms with Crippen molar-refractivity contribution >= 4 is 22.0 Å². The van der Waals surface area contributed by atoms with Gasteiger partial charge in [0.2, 0.25) is 0 Å². The molecular formula is C23H28BrN3O2. The molecule has 2 aromatic rings. The van der Waals surface area contributed by atoms with Crippen LogP contribution in [-0.4, -0.2) is 32.6 Å². The van der Waals surface area contributed by atoms with Gasteiger partial charge >= 0.3 is 6.09 Å². The van der Waals surface area contributed by atoms with E-state index in [1.807, 2.05) is 25.7 Å². The van der Waals surface area contributed by atoms with Crippen molar-refractivity contribution in [2.45, 2.75) is 65.1 Å². The number of imidazole rings is 1. The minimum absolute atomic E-state index is 0.241. The second kappa shape index (κ2) is 8.23. The van der Waals surface area contributed by atoms with Crippen LogP contribution in [0.1, 0.15) is 51.2 Å². The first-order chi connectivity index (χ1) is 13.7. The smallest absolute Gasteiger partial charge is 0.410 e. The number of H-pyrrole nitrogens is 1. The second-order valence-corrected chi connectivity index (χ2v) is 9.62. The number of carbonyl (C=O) groups excluding carboxylic acids is 1. The number of hydrogen-bond acceptors (Lipinski definition) is 3. The number of aromatic amines is 1. The Morgan fingerprint density at radius 3 is 2.66 bits per heavy atom. The van der Waals surface area contributed by atoms with Crippen molar-refractivity contribution in [1.82, 2.24) is 14.9 Å². The summed E-state index contributed by atoms with van der Waals surface area (Å²) >= 11 is 3.55. The Labute approximate surface area is 181 Å². The fourth-order valence-electron chi connectivity index (χ4n) is 3.74. The average molecular weight is 458 g/mol. The van der Waals surface area contributed by atoms with Crippen molar-refractivity contribution in [3.05, 3.63) is 39.8 Å². The maximum atomic E-state index is 12.7. The van der Waals surface area contributed by atoms with E-state index in [-0.39, 0.29) is 12.1 Å². The van der Waals surface area contributed by atoms with Crippen molar-refractivity contribution in [2.24, 2.45) is 5.92 Å². The molecule has 0 radical (unpaired) electrons. The lowest BCUT2D eigenvalue weighted by atomic mass is 9.92. The molecule has 154 valence electrons.